The number of aromatic nitrogens is 1. The summed E-state index contributed by atoms with van der Waals surface area (Å²) in [6.07, 6.45) is 0. The molecule has 0 bridgehead atoms. The lowest BCUT2D eigenvalue weighted by Crippen LogP contribution is -2.16. The molecule has 6 nitrogen and oxygen atoms in total. The Labute approximate surface area is 249 Å². The van der Waals surface area contributed by atoms with E-state index in [0.29, 0.717) is 5.56 Å². The highest BCUT2D eigenvalue weighted by Crippen LogP contribution is 2.52. The van der Waals surface area contributed by atoms with E-state index in [1.54, 1.807) is 19.2 Å². The topological polar surface area (TPSA) is 60.9 Å². The maximum atomic E-state index is 12.1. The third kappa shape index (κ3) is 4.53. The van der Waals surface area contributed by atoms with Crippen LogP contribution in [0.5, 0.6) is 17.2 Å². The van der Waals surface area contributed by atoms with Gasteiger partial charge in [-0.1, -0.05) is 54.6 Å². The van der Waals surface area contributed by atoms with Crippen molar-refractivity contribution in [3.05, 3.63) is 126 Å². The number of nitrogens with zero attached hydrogens (tertiary/aromatic N) is 2. The van der Waals surface area contributed by atoms with Crippen LogP contribution in [-0.2, 0) is 4.74 Å². The van der Waals surface area contributed by atoms with Crippen molar-refractivity contribution in [1.29, 1.82) is 0 Å². The molecule has 0 fully saturated rings. The molecule has 1 aliphatic rings. The average Bonchev–Trinajstić information content (AvgIpc) is 3.07. The number of esters is 1. The predicted octanol–water partition coefficient (Wildman–Crippen LogP) is 9.25. The molecule has 43 heavy (non-hydrogen) atoms. The first-order valence-electron chi connectivity index (χ1n) is 14.0. The fourth-order valence-corrected chi connectivity index (χ4v) is 5.68. The summed E-state index contributed by atoms with van der Waals surface area (Å²) in [6.45, 7) is 2.12. The summed E-state index contributed by atoms with van der Waals surface area (Å²) in [6, 6.07) is 37.9. The van der Waals surface area contributed by atoms with Crippen LogP contribution in [0.1, 0.15) is 15.9 Å². The van der Waals surface area contributed by atoms with Crippen molar-refractivity contribution in [3.63, 3.8) is 0 Å². The number of fused-ring (bicyclic) bond motifs is 3. The number of carbonyl (C=O) groups excluding carboxylic acids is 1. The van der Waals surface area contributed by atoms with Gasteiger partial charge in [0.15, 0.2) is 11.5 Å². The van der Waals surface area contributed by atoms with Gasteiger partial charge in [-0.3, -0.25) is 0 Å². The van der Waals surface area contributed by atoms with Gasteiger partial charge in [0.05, 0.1) is 48.1 Å². The van der Waals surface area contributed by atoms with Crippen LogP contribution >= 0.6 is 0 Å². The van der Waals surface area contributed by atoms with E-state index < -0.39 is 0 Å². The van der Waals surface area contributed by atoms with Crippen LogP contribution in [0.4, 0.5) is 17.1 Å². The lowest BCUT2D eigenvalue weighted by molar-refractivity contribution is 0.0600. The number of benzene rings is 5. The molecule has 1 aromatic heterocycles. The van der Waals surface area contributed by atoms with Gasteiger partial charge in [-0.15, -0.1) is 0 Å². The highest BCUT2D eigenvalue weighted by Gasteiger charge is 2.28. The zero-order valence-corrected chi connectivity index (χ0v) is 24.0. The largest absolute Gasteiger partial charge is 0.497 e. The van der Waals surface area contributed by atoms with Crippen LogP contribution in [0.3, 0.4) is 0 Å². The summed E-state index contributed by atoms with van der Waals surface area (Å²) >= 11 is 0. The summed E-state index contributed by atoms with van der Waals surface area (Å²) in [5.74, 6) is 1.97. The molecule has 0 spiro atoms. The summed E-state index contributed by atoms with van der Waals surface area (Å²) < 4.78 is 16.7. The van der Waals surface area contributed by atoms with Gasteiger partial charge < -0.3 is 19.1 Å². The number of ether oxygens (including phenoxy) is 3. The quantitative estimate of drug-likeness (QED) is 0.194. The number of rotatable bonds is 5. The Bertz CT molecular complexity index is 1950. The van der Waals surface area contributed by atoms with Crippen molar-refractivity contribution in [2.45, 2.75) is 6.92 Å². The number of aryl methyl sites for hydroxylation is 1. The van der Waals surface area contributed by atoms with E-state index in [-0.39, 0.29) is 5.97 Å². The van der Waals surface area contributed by atoms with Gasteiger partial charge in [0.25, 0.3) is 0 Å². The molecule has 0 aliphatic carbocycles. The first kappa shape index (κ1) is 26.3. The Kier molecular flexibility index (Phi) is 6.51. The maximum Gasteiger partial charge on any atom is 0.337 e. The lowest BCUT2D eigenvalue weighted by atomic mass is 9.94. The van der Waals surface area contributed by atoms with Crippen molar-refractivity contribution in [3.8, 4) is 39.6 Å². The van der Waals surface area contributed by atoms with Crippen LogP contribution in [0.2, 0.25) is 0 Å². The Hall–Kier alpha value is -5.62. The van der Waals surface area contributed by atoms with E-state index in [4.69, 9.17) is 19.2 Å². The molecule has 6 aromatic rings. The van der Waals surface area contributed by atoms with Gasteiger partial charge in [-0.25, -0.2) is 9.78 Å². The lowest BCUT2D eigenvalue weighted by Gasteiger charge is -2.33. The SMILES string of the molecule is COC(=O)c1ccc(-c2cc(-c3ccc(OC)cc3)c3c(C)ccc(N4c5ccccc5Oc5ccccc54)c3n2)cc1. The minimum absolute atomic E-state index is 0.375. The Morgan fingerprint density at radius 1 is 0.721 bits per heavy atom. The number of methoxy groups -OCH3 is 2. The molecule has 6 heteroatoms. The average molecular weight is 565 g/mol. The monoisotopic (exact) mass is 564 g/mol. The molecule has 0 saturated heterocycles. The molecule has 5 aromatic carbocycles. The predicted molar refractivity (Wildman–Crippen MR) is 170 cm³/mol. The fourth-order valence-electron chi connectivity index (χ4n) is 5.68. The van der Waals surface area contributed by atoms with Gasteiger partial charge in [0.1, 0.15) is 5.75 Å². The van der Waals surface area contributed by atoms with Crippen LogP contribution in [0, 0.1) is 6.92 Å². The smallest absolute Gasteiger partial charge is 0.337 e. The molecule has 0 unspecified atom stereocenters. The molecular formula is C37H28N2O4. The standard InChI is InChI=1S/C37H28N2O4/c1-23-12-21-32(39-30-8-4-6-10-33(30)43-34-11-7-5-9-31(34)39)36-35(23)28(24-17-19-27(41-2)20-18-24)22-29(38-36)25-13-15-26(16-14-25)37(40)42-3/h4-22H,1-3H3. The van der Waals surface area contributed by atoms with Gasteiger partial charge in [-0.2, -0.15) is 0 Å². The van der Waals surface area contributed by atoms with Crippen molar-refractivity contribution < 1.29 is 19.0 Å². The molecule has 7 rings (SSSR count). The summed E-state index contributed by atoms with van der Waals surface area (Å²) in [5.41, 5.74) is 9.03. The number of anilines is 3. The highest BCUT2D eigenvalue weighted by atomic mass is 16.5. The second kappa shape index (κ2) is 10.7. The zero-order valence-electron chi connectivity index (χ0n) is 24.0. The highest BCUT2D eigenvalue weighted by molar-refractivity contribution is 6.07. The van der Waals surface area contributed by atoms with Gasteiger partial charge in [0.2, 0.25) is 0 Å². The second-order valence-electron chi connectivity index (χ2n) is 10.4. The molecule has 210 valence electrons. The maximum absolute atomic E-state index is 12.1. The molecule has 0 radical (unpaired) electrons. The minimum atomic E-state index is -0.375. The first-order chi connectivity index (χ1) is 21.1. The van der Waals surface area contributed by atoms with Gasteiger partial charge >= 0.3 is 5.97 Å². The van der Waals surface area contributed by atoms with Crippen LogP contribution in [0.15, 0.2) is 115 Å². The Balaban J connectivity index is 1.52. The molecule has 0 N–H and O–H groups in total. The Morgan fingerprint density at radius 2 is 1.35 bits per heavy atom. The van der Waals surface area contributed by atoms with E-state index in [1.165, 1.54) is 7.11 Å². The van der Waals surface area contributed by atoms with Crippen LogP contribution in [-0.4, -0.2) is 25.2 Å². The fraction of sp³-hybridized carbons (Fsp3) is 0.0811. The number of pyridine rings is 1. The number of hydrogen-bond acceptors (Lipinski definition) is 6. The summed E-state index contributed by atoms with van der Waals surface area (Å²) in [5, 5.41) is 1.05. The van der Waals surface area contributed by atoms with Gasteiger partial charge in [0, 0.05) is 10.9 Å². The van der Waals surface area contributed by atoms with Gasteiger partial charge in [-0.05, 0) is 84.3 Å². The molecule has 0 saturated carbocycles. The number of carbonyl (C=O) groups is 1. The Morgan fingerprint density at radius 3 is 1.98 bits per heavy atom. The van der Waals surface area contributed by atoms with Crippen LogP contribution in [0.25, 0.3) is 33.3 Å². The van der Waals surface area contributed by atoms with Crippen molar-refractivity contribution in [2.24, 2.45) is 0 Å². The van der Waals surface area contributed by atoms with Crippen molar-refractivity contribution >= 4 is 33.9 Å². The van der Waals surface area contributed by atoms with E-state index in [1.807, 2.05) is 60.7 Å². The molecule has 2 heterocycles. The molecule has 0 atom stereocenters. The van der Waals surface area contributed by atoms with Crippen LogP contribution < -0.4 is 14.4 Å². The molecule has 0 amide bonds. The first-order valence-corrected chi connectivity index (χ1v) is 14.0. The van der Waals surface area contributed by atoms with E-state index in [9.17, 15) is 4.79 Å². The summed E-state index contributed by atoms with van der Waals surface area (Å²) in [4.78, 5) is 19.7. The number of para-hydroxylation sites is 4. The van der Waals surface area contributed by atoms with Crippen molar-refractivity contribution in [2.75, 3.05) is 19.1 Å². The second-order valence-corrected chi connectivity index (χ2v) is 10.4. The number of hydrogen-bond donors (Lipinski definition) is 0. The minimum Gasteiger partial charge on any atom is -0.497 e. The summed E-state index contributed by atoms with van der Waals surface area (Å²) in [7, 11) is 3.05. The van der Waals surface area contributed by atoms with E-state index >= 15 is 0 Å². The van der Waals surface area contributed by atoms with Crippen molar-refractivity contribution in [1.82, 2.24) is 4.98 Å². The third-order valence-electron chi connectivity index (χ3n) is 7.82. The zero-order chi connectivity index (χ0) is 29.5. The third-order valence-corrected chi connectivity index (χ3v) is 7.82. The molecule has 1 aliphatic heterocycles. The normalized spacial score (nSPS) is 11.8. The van der Waals surface area contributed by atoms with E-state index in [2.05, 4.69) is 54.3 Å². The van der Waals surface area contributed by atoms with E-state index in [0.717, 1.165) is 73.2 Å². The molecular weight excluding hydrogens is 536 g/mol.